The molecule has 1 aliphatic rings. The first-order valence-corrected chi connectivity index (χ1v) is 6.42. The van der Waals surface area contributed by atoms with E-state index in [2.05, 4.69) is 27.4 Å². The summed E-state index contributed by atoms with van der Waals surface area (Å²) in [5.41, 5.74) is 6.07. The average Bonchev–Trinajstić information content (AvgIpc) is 2.84. The van der Waals surface area contributed by atoms with Crippen LogP contribution >= 0.6 is 27.3 Å². The smallest absolute Gasteiger partial charge is 0.0390 e. The number of nitrogens with two attached hydrogens (primary N) is 1. The van der Waals surface area contributed by atoms with Gasteiger partial charge in [-0.05, 0) is 40.8 Å². The van der Waals surface area contributed by atoms with E-state index in [9.17, 15) is 0 Å². The lowest BCUT2D eigenvalue weighted by Gasteiger charge is -2.07. The SMILES string of the molecule is NC(CCC1CC1)c1cc(Br)cs1. The van der Waals surface area contributed by atoms with Crippen LogP contribution in [0, 0.1) is 5.92 Å². The van der Waals surface area contributed by atoms with Crippen LogP contribution in [0.4, 0.5) is 0 Å². The molecule has 1 aromatic heterocycles. The van der Waals surface area contributed by atoms with Crippen molar-refractivity contribution in [2.24, 2.45) is 11.7 Å². The van der Waals surface area contributed by atoms with Gasteiger partial charge in [-0.2, -0.15) is 0 Å². The topological polar surface area (TPSA) is 26.0 Å². The van der Waals surface area contributed by atoms with Crippen molar-refractivity contribution in [3.8, 4) is 0 Å². The summed E-state index contributed by atoms with van der Waals surface area (Å²) in [5, 5.41) is 2.10. The Morgan fingerprint density at radius 2 is 2.38 bits per heavy atom. The number of hydrogen-bond acceptors (Lipinski definition) is 2. The largest absolute Gasteiger partial charge is 0.323 e. The minimum atomic E-state index is 0.261. The van der Waals surface area contributed by atoms with Crippen LogP contribution in [0.1, 0.15) is 36.6 Å². The molecule has 1 heterocycles. The molecule has 1 atom stereocenters. The molecule has 0 bridgehead atoms. The molecular formula is C10H14BrNS. The van der Waals surface area contributed by atoms with Gasteiger partial charge in [-0.25, -0.2) is 0 Å². The van der Waals surface area contributed by atoms with Crippen molar-refractivity contribution < 1.29 is 0 Å². The van der Waals surface area contributed by atoms with Crippen LogP contribution in [-0.4, -0.2) is 0 Å². The lowest BCUT2D eigenvalue weighted by atomic mass is 10.1. The van der Waals surface area contributed by atoms with E-state index in [1.54, 1.807) is 11.3 Å². The number of rotatable bonds is 4. The molecule has 2 N–H and O–H groups in total. The molecule has 1 nitrogen and oxygen atoms in total. The van der Waals surface area contributed by atoms with Crippen LogP contribution in [0.5, 0.6) is 0 Å². The number of thiophene rings is 1. The maximum atomic E-state index is 6.07. The normalized spacial score (nSPS) is 18.9. The Morgan fingerprint density at radius 1 is 1.62 bits per heavy atom. The maximum absolute atomic E-state index is 6.07. The third-order valence-corrected chi connectivity index (χ3v) is 4.36. The molecule has 1 saturated carbocycles. The second-order valence-electron chi connectivity index (χ2n) is 3.79. The van der Waals surface area contributed by atoms with Gasteiger partial charge in [0.15, 0.2) is 0 Å². The van der Waals surface area contributed by atoms with Gasteiger partial charge in [-0.3, -0.25) is 0 Å². The van der Waals surface area contributed by atoms with E-state index in [0.29, 0.717) is 0 Å². The van der Waals surface area contributed by atoms with Gasteiger partial charge < -0.3 is 5.73 Å². The van der Waals surface area contributed by atoms with Crippen molar-refractivity contribution in [2.45, 2.75) is 31.7 Å². The highest BCUT2D eigenvalue weighted by atomic mass is 79.9. The summed E-state index contributed by atoms with van der Waals surface area (Å²) in [6, 6.07) is 2.40. The molecule has 0 amide bonds. The van der Waals surface area contributed by atoms with Gasteiger partial charge >= 0.3 is 0 Å². The van der Waals surface area contributed by atoms with Crippen molar-refractivity contribution in [1.29, 1.82) is 0 Å². The Morgan fingerprint density at radius 3 is 2.92 bits per heavy atom. The Labute approximate surface area is 91.5 Å². The zero-order valence-electron chi connectivity index (χ0n) is 7.50. The third-order valence-electron chi connectivity index (χ3n) is 2.54. The Bertz CT molecular complexity index is 280. The summed E-state index contributed by atoms with van der Waals surface area (Å²) in [7, 11) is 0. The molecule has 1 fully saturated rings. The first-order chi connectivity index (χ1) is 6.25. The molecular weight excluding hydrogens is 246 g/mol. The van der Waals surface area contributed by atoms with Gasteiger partial charge in [0.05, 0.1) is 0 Å². The Balaban J connectivity index is 1.84. The number of halogens is 1. The minimum absolute atomic E-state index is 0.261. The molecule has 1 unspecified atom stereocenters. The van der Waals surface area contributed by atoms with Crippen molar-refractivity contribution in [3.63, 3.8) is 0 Å². The summed E-state index contributed by atoms with van der Waals surface area (Å²) in [6.07, 6.45) is 5.33. The van der Waals surface area contributed by atoms with Gasteiger partial charge in [0, 0.05) is 20.8 Å². The quantitative estimate of drug-likeness (QED) is 0.877. The average molecular weight is 260 g/mol. The fourth-order valence-electron chi connectivity index (χ4n) is 1.49. The molecule has 0 aromatic carbocycles. The first kappa shape index (κ1) is 9.69. The van der Waals surface area contributed by atoms with Gasteiger partial charge in [0.1, 0.15) is 0 Å². The van der Waals surface area contributed by atoms with E-state index in [1.807, 2.05) is 0 Å². The van der Waals surface area contributed by atoms with Crippen LogP contribution < -0.4 is 5.73 Å². The summed E-state index contributed by atoms with van der Waals surface area (Å²) >= 11 is 5.21. The zero-order chi connectivity index (χ0) is 9.26. The summed E-state index contributed by atoms with van der Waals surface area (Å²) < 4.78 is 1.16. The van der Waals surface area contributed by atoms with Crippen LogP contribution in [0.3, 0.4) is 0 Å². The fraction of sp³-hybridized carbons (Fsp3) is 0.600. The van der Waals surface area contributed by atoms with Crippen LogP contribution in [0.15, 0.2) is 15.9 Å². The van der Waals surface area contributed by atoms with Gasteiger partial charge in [-0.15, -0.1) is 11.3 Å². The molecule has 1 aliphatic carbocycles. The second kappa shape index (κ2) is 4.11. The highest BCUT2D eigenvalue weighted by Gasteiger charge is 2.22. The third kappa shape index (κ3) is 2.79. The van der Waals surface area contributed by atoms with Gasteiger partial charge in [0.25, 0.3) is 0 Å². The van der Waals surface area contributed by atoms with Crippen molar-refractivity contribution >= 4 is 27.3 Å². The highest BCUT2D eigenvalue weighted by Crippen LogP contribution is 2.36. The predicted molar refractivity (Wildman–Crippen MR) is 60.9 cm³/mol. The molecule has 0 spiro atoms. The van der Waals surface area contributed by atoms with E-state index in [0.717, 1.165) is 16.8 Å². The van der Waals surface area contributed by atoms with Gasteiger partial charge in [-0.1, -0.05) is 12.8 Å². The van der Waals surface area contributed by atoms with Crippen molar-refractivity contribution in [1.82, 2.24) is 0 Å². The van der Waals surface area contributed by atoms with E-state index < -0.39 is 0 Å². The molecule has 2 rings (SSSR count). The minimum Gasteiger partial charge on any atom is -0.323 e. The van der Waals surface area contributed by atoms with Crippen LogP contribution in [0.25, 0.3) is 0 Å². The highest BCUT2D eigenvalue weighted by molar-refractivity contribution is 9.10. The van der Waals surface area contributed by atoms with E-state index in [1.165, 1.54) is 24.1 Å². The standard InChI is InChI=1S/C10H14BrNS/c11-8-5-10(13-6-8)9(12)4-3-7-1-2-7/h5-7,9H,1-4,12H2. The molecule has 0 aliphatic heterocycles. The molecule has 0 saturated heterocycles. The second-order valence-corrected chi connectivity index (χ2v) is 5.65. The van der Waals surface area contributed by atoms with E-state index >= 15 is 0 Å². The van der Waals surface area contributed by atoms with E-state index in [-0.39, 0.29) is 6.04 Å². The van der Waals surface area contributed by atoms with Crippen molar-refractivity contribution in [2.75, 3.05) is 0 Å². The molecule has 0 radical (unpaired) electrons. The summed E-state index contributed by atoms with van der Waals surface area (Å²) in [6.45, 7) is 0. The van der Waals surface area contributed by atoms with Gasteiger partial charge in [0.2, 0.25) is 0 Å². The summed E-state index contributed by atoms with van der Waals surface area (Å²) in [5.74, 6) is 0.995. The fourth-order valence-corrected chi connectivity index (χ4v) is 2.97. The van der Waals surface area contributed by atoms with Crippen molar-refractivity contribution in [3.05, 3.63) is 20.8 Å². The molecule has 3 heteroatoms. The lowest BCUT2D eigenvalue weighted by Crippen LogP contribution is -2.08. The molecule has 13 heavy (non-hydrogen) atoms. The number of hydrogen-bond donors (Lipinski definition) is 1. The maximum Gasteiger partial charge on any atom is 0.0390 e. The zero-order valence-corrected chi connectivity index (χ0v) is 9.90. The van der Waals surface area contributed by atoms with Crippen LogP contribution in [-0.2, 0) is 0 Å². The van der Waals surface area contributed by atoms with E-state index in [4.69, 9.17) is 5.73 Å². The first-order valence-electron chi connectivity index (χ1n) is 4.75. The monoisotopic (exact) mass is 259 g/mol. The summed E-state index contributed by atoms with van der Waals surface area (Å²) in [4.78, 5) is 1.31. The van der Waals surface area contributed by atoms with Crippen LogP contribution in [0.2, 0.25) is 0 Å². The Kier molecular flexibility index (Phi) is 3.06. The lowest BCUT2D eigenvalue weighted by molar-refractivity contribution is 0.581. The molecule has 72 valence electrons. The Hall–Kier alpha value is 0.140. The predicted octanol–water partition coefficient (Wildman–Crippen LogP) is 3.70. The molecule has 1 aromatic rings.